The Balaban J connectivity index is 1.57. The zero-order chi connectivity index (χ0) is 17.6. The van der Waals surface area contributed by atoms with E-state index in [2.05, 4.69) is 10.5 Å². The third kappa shape index (κ3) is 4.36. The number of likely N-dealkylation sites (N-methyl/N-ethyl adjacent to an activating group) is 1. The van der Waals surface area contributed by atoms with Crippen LogP contribution in [0.3, 0.4) is 0 Å². The first-order valence-corrected chi connectivity index (χ1v) is 8.11. The molecule has 25 heavy (non-hydrogen) atoms. The van der Waals surface area contributed by atoms with Gasteiger partial charge in [-0.15, -0.1) is 0 Å². The van der Waals surface area contributed by atoms with Crippen LogP contribution >= 0.6 is 0 Å². The van der Waals surface area contributed by atoms with Crippen molar-refractivity contribution < 1.29 is 13.7 Å². The molecule has 6 nitrogen and oxygen atoms in total. The van der Waals surface area contributed by atoms with Crippen LogP contribution in [-0.2, 0) is 11.2 Å². The topological polar surface area (TPSA) is 71.5 Å². The summed E-state index contributed by atoms with van der Waals surface area (Å²) in [7, 11) is 3.90. The molecule has 0 fully saturated rings. The second kappa shape index (κ2) is 7.81. The smallest absolute Gasteiger partial charge is 0.226 e. The first-order chi connectivity index (χ1) is 12.1. The van der Waals surface area contributed by atoms with Gasteiger partial charge in [0.1, 0.15) is 5.76 Å². The Morgan fingerprint density at radius 2 is 2.00 bits per heavy atom. The van der Waals surface area contributed by atoms with Gasteiger partial charge in [-0.3, -0.25) is 9.69 Å². The molecule has 0 aliphatic rings. The number of carbonyl (C=O) groups is 1. The Bertz CT molecular complexity index is 794. The quantitative estimate of drug-likeness (QED) is 0.717. The van der Waals surface area contributed by atoms with E-state index in [4.69, 9.17) is 8.94 Å². The van der Waals surface area contributed by atoms with E-state index in [9.17, 15) is 4.79 Å². The summed E-state index contributed by atoms with van der Waals surface area (Å²) in [5.74, 6) is 1.37. The number of amides is 1. The fraction of sp³-hybridized carbons (Fsp3) is 0.263. The molecule has 0 saturated heterocycles. The fourth-order valence-electron chi connectivity index (χ4n) is 2.59. The average molecular weight is 339 g/mol. The molecule has 0 saturated carbocycles. The summed E-state index contributed by atoms with van der Waals surface area (Å²) in [6, 6.07) is 15.2. The first-order valence-electron chi connectivity index (χ1n) is 8.11. The Morgan fingerprint density at radius 3 is 2.68 bits per heavy atom. The van der Waals surface area contributed by atoms with Gasteiger partial charge < -0.3 is 14.3 Å². The summed E-state index contributed by atoms with van der Waals surface area (Å²) in [6.45, 7) is 0.461. The molecule has 1 N–H and O–H groups in total. The van der Waals surface area contributed by atoms with Crippen LogP contribution < -0.4 is 5.32 Å². The number of aromatic nitrogens is 1. The number of hydrogen-bond acceptors (Lipinski definition) is 5. The highest BCUT2D eigenvalue weighted by Gasteiger charge is 2.18. The third-order valence-electron chi connectivity index (χ3n) is 3.95. The molecule has 3 rings (SSSR count). The van der Waals surface area contributed by atoms with Crippen molar-refractivity contribution in [2.24, 2.45) is 0 Å². The number of hydrogen-bond donors (Lipinski definition) is 1. The molecule has 6 heteroatoms. The molecule has 2 heterocycles. The number of nitrogens with one attached hydrogen (secondary N) is 1. The van der Waals surface area contributed by atoms with Gasteiger partial charge in [-0.05, 0) is 26.2 Å². The minimum atomic E-state index is -0.105. The van der Waals surface area contributed by atoms with Crippen LogP contribution in [0.5, 0.6) is 0 Å². The number of rotatable bonds is 7. The lowest BCUT2D eigenvalue weighted by molar-refractivity contribution is -0.120. The van der Waals surface area contributed by atoms with Crippen LogP contribution in [0, 0.1) is 0 Å². The van der Waals surface area contributed by atoms with E-state index < -0.39 is 0 Å². The maximum absolute atomic E-state index is 12.2. The Labute approximate surface area is 146 Å². The van der Waals surface area contributed by atoms with Crippen molar-refractivity contribution in [3.05, 3.63) is 66.2 Å². The van der Waals surface area contributed by atoms with Crippen molar-refractivity contribution >= 4 is 5.91 Å². The van der Waals surface area contributed by atoms with Gasteiger partial charge in [0, 0.05) is 18.2 Å². The van der Waals surface area contributed by atoms with Gasteiger partial charge in [0.25, 0.3) is 0 Å². The standard InChI is InChI=1S/C19H21N3O3/c1-22(2)16(17-9-6-10-24-17)13-20-19(23)12-15-11-18(25-21-15)14-7-4-3-5-8-14/h3-11,16H,12-13H2,1-2H3,(H,20,23). The summed E-state index contributed by atoms with van der Waals surface area (Å²) in [5.41, 5.74) is 1.54. The molecule has 1 amide bonds. The lowest BCUT2D eigenvalue weighted by Crippen LogP contribution is -2.35. The van der Waals surface area contributed by atoms with E-state index >= 15 is 0 Å². The van der Waals surface area contributed by atoms with Crippen LogP contribution in [0.2, 0.25) is 0 Å². The lowest BCUT2D eigenvalue weighted by atomic mass is 10.1. The predicted molar refractivity (Wildman–Crippen MR) is 93.8 cm³/mol. The first kappa shape index (κ1) is 17.0. The number of carbonyl (C=O) groups excluding carboxylic acids is 1. The second-order valence-electron chi connectivity index (χ2n) is 6.02. The van der Waals surface area contributed by atoms with Crippen molar-refractivity contribution in [3.63, 3.8) is 0 Å². The number of furan rings is 1. The molecule has 130 valence electrons. The fourth-order valence-corrected chi connectivity index (χ4v) is 2.59. The largest absolute Gasteiger partial charge is 0.468 e. The lowest BCUT2D eigenvalue weighted by Gasteiger charge is -2.22. The molecule has 0 aliphatic carbocycles. The summed E-state index contributed by atoms with van der Waals surface area (Å²) in [4.78, 5) is 14.2. The third-order valence-corrected chi connectivity index (χ3v) is 3.95. The van der Waals surface area contributed by atoms with Gasteiger partial charge in [0.05, 0.1) is 24.4 Å². The molecule has 0 bridgehead atoms. The Morgan fingerprint density at radius 1 is 1.20 bits per heavy atom. The van der Waals surface area contributed by atoms with Gasteiger partial charge in [-0.25, -0.2) is 0 Å². The molecule has 1 atom stereocenters. The summed E-state index contributed by atoms with van der Waals surface area (Å²) < 4.78 is 10.8. The minimum Gasteiger partial charge on any atom is -0.468 e. The molecule has 1 aromatic carbocycles. The van der Waals surface area contributed by atoms with E-state index in [1.54, 1.807) is 12.3 Å². The van der Waals surface area contributed by atoms with Crippen molar-refractivity contribution in [2.75, 3.05) is 20.6 Å². The molecular weight excluding hydrogens is 318 g/mol. The normalized spacial score (nSPS) is 12.3. The zero-order valence-electron chi connectivity index (χ0n) is 14.3. The predicted octanol–water partition coefficient (Wildman–Crippen LogP) is 2.90. The van der Waals surface area contributed by atoms with Gasteiger partial charge in [-0.1, -0.05) is 35.5 Å². The van der Waals surface area contributed by atoms with E-state index in [0.717, 1.165) is 11.3 Å². The van der Waals surface area contributed by atoms with E-state index in [-0.39, 0.29) is 18.4 Å². The maximum atomic E-state index is 12.2. The van der Waals surface area contributed by atoms with Crippen molar-refractivity contribution in [1.82, 2.24) is 15.4 Å². The van der Waals surface area contributed by atoms with Gasteiger partial charge in [0.2, 0.25) is 5.91 Å². The Kier molecular flexibility index (Phi) is 5.30. The van der Waals surface area contributed by atoms with Crippen LogP contribution in [0.15, 0.2) is 63.7 Å². The molecule has 3 aromatic rings. The van der Waals surface area contributed by atoms with Crippen molar-refractivity contribution in [3.8, 4) is 11.3 Å². The summed E-state index contributed by atoms with van der Waals surface area (Å²) in [5, 5.41) is 6.91. The number of benzene rings is 1. The van der Waals surface area contributed by atoms with Crippen LogP contribution in [0.25, 0.3) is 11.3 Å². The van der Waals surface area contributed by atoms with Gasteiger partial charge in [-0.2, -0.15) is 0 Å². The second-order valence-corrected chi connectivity index (χ2v) is 6.02. The van der Waals surface area contributed by atoms with E-state index in [1.807, 2.05) is 61.5 Å². The molecule has 0 spiro atoms. The van der Waals surface area contributed by atoms with Crippen molar-refractivity contribution in [2.45, 2.75) is 12.5 Å². The molecule has 2 aromatic heterocycles. The summed E-state index contributed by atoms with van der Waals surface area (Å²) in [6.07, 6.45) is 1.81. The average Bonchev–Trinajstić information content (AvgIpc) is 3.28. The van der Waals surface area contributed by atoms with Crippen LogP contribution in [-0.4, -0.2) is 36.6 Å². The van der Waals surface area contributed by atoms with E-state index in [1.165, 1.54) is 0 Å². The van der Waals surface area contributed by atoms with Crippen LogP contribution in [0.4, 0.5) is 0 Å². The summed E-state index contributed by atoms with van der Waals surface area (Å²) >= 11 is 0. The zero-order valence-corrected chi connectivity index (χ0v) is 14.3. The highest BCUT2D eigenvalue weighted by Crippen LogP contribution is 2.20. The maximum Gasteiger partial charge on any atom is 0.226 e. The van der Waals surface area contributed by atoms with Gasteiger partial charge >= 0.3 is 0 Å². The van der Waals surface area contributed by atoms with E-state index in [0.29, 0.717) is 18.0 Å². The number of nitrogens with zero attached hydrogens (tertiary/aromatic N) is 2. The minimum absolute atomic E-state index is 0.0175. The Hall–Kier alpha value is -2.86. The molecule has 1 unspecified atom stereocenters. The highest BCUT2D eigenvalue weighted by atomic mass is 16.5. The highest BCUT2D eigenvalue weighted by molar-refractivity contribution is 5.78. The SMILES string of the molecule is CN(C)C(CNC(=O)Cc1cc(-c2ccccc2)on1)c1ccco1. The molecule has 0 aliphatic heterocycles. The monoisotopic (exact) mass is 339 g/mol. The van der Waals surface area contributed by atoms with Crippen molar-refractivity contribution in [1.29, 1.82) is 0 Å². The molecule has 0 radical (unpaired) electrons. The van der Waals surface area contributed by atoms with Gasteiger partial charge in [0.15, 0.2) is 5.76 Å². The van der Waals surface area contributed by atoms with Crippen LogP contribution in [0.1, 0.15) is 17.5 Å². The molecular formula is C19H21N3O3.